The molecule has 0 radical (unpaired) electrons. The van der Waals surface area contributed by atoms with E-state index in [1.54, 1.807) is 17.3 Å². The van der Waals surface area contributed by atoms with E-state index in [0.29, 0.717) is 23.9 Å². The highest BCUT2D eigenvalue weighted by molar-refractivity contribution is 5.93. The summed E-state index contributed by atoms with van der Waals surface area (Å²) in [5.41, 5.74) is 1.25. The smallest absolute Gasteiger partial charge is 0.254 e. The van der Waals surface area contributed by atoms with Gasteiger partial charge in [0.15, 0.2) is 5.82 Å². The summed E-state index contributed by atoms with van der Waals surface area (Å²) in [5.74, 6) is 1.04. The fourth-order valence-electron chi connectivity index (χ4n) is 2.52. The number of rotatable bonds is 5. The maximum Gasteiger partial charge on any atom is 0.254 e. The predicted octanol–water partition coefficient (Wildman–Crippen LogP) is 1.50. The maximum absolute atomic E-state index is 12.1. The molecular formula is C17H22N6O2. The second kappa shape index (κ2) is 7.98. The molecule has 0 unspecified atom stereocenters. The van der Waals surface area contributed by atoms with Gasteiger partial charge in [-0.25, -0.2) is 19.9 Å². The van der Waals surface area contributed by atoms with Crippen LogP contribution in [-0.2, 0) is 11.3 Å². The Labute approximate surface area is 146 Å². The van der Waals surface area contributed by atoms with Gasteiger partial charge in [0.2, 0.25) is 5.95 Å². The highest BCUT2D eigenvalue weighted by Gasteiger charge is 2.18. The molecule has 0 bridgehead atoms. The fraction of sp³-hybridized carbons (Fsp3) is 0.471. The van der Waals surface area contributed by atoms with Gasteiger partial charge >= 0.3 is 0 Å². The Morgan fingerprint density at radius 2 is 1.88 bits per heavy atom. The average molecular weight is 342 g/mol. The van der Waals surface area contributed by atoms with E-state index in [0.717, 1.165) is 31.4 Å². The molecule has 1 aliphatic rings. The standard InChI is InChI=1S/C17H22N6O2/c1-23(2)17-21-10-13(11-22-17)16(24)20-9-12-7-18-15(19-8-12)14-5-3-4-6-25-14/h7-8,10-11,14H,3-6,9H2,1-2H3,(H,20,24)/t14-/m0/s1. The molecule has 0 aromatic carbocycles. The van der Waals surface area contributed by atoms with E-state index in [1.165, 1.54) is 12.4 Å². The molecule has 1 amide bonds. The Balaban J connectivity index is 1.54. The van der Waals surface area contributed by atoms with Gasteiger partial charge in [0.25, 0.3) is 5.91 Å². The van der Waals surface area contributed by atoms with Crippen molar-refractivity contribution in [2.45, 2.75) is 31.9 Å². The molecule has 3 rings (SSSR count). The van der Waals surface area contributed by atoms with Gasteiger partial charge < -0.3 is 15.0 Å². The summed E-state index contributed by atoms with van der Waals surface area (Å²) in [4.78, 5) is 30.9. The van der Waals surface area contributed by atoms with Crippen LogP contribution in [0.5, 0.6) is 0 Å². The van der Waals surface area contributed by atoms with E-state index in [2.05, 4.69) is 25.3 Å². The number of nitrogens with zero attached hydrogens (tertiary/aromatic N) is 5. The van der Waals surface area contributed by atoms with Crippen LogP contribution in [0.2, 0.25) is 0 Å². The van der Waals surface area contributed by atoms with Crippen LogP contribution in [-0.4, -0.2) is 46.5 Å². The maximum atomic E-state index is 12.1. The number of ether oxygens (including phenoxy) is 1. The Morgan fingerprint density at radius 3 is 2.48 bits per heavy atom. The predicted molar refractivity (Wildman–Crippen MR) is 92.1 cm³/mol. The zero-order chi connectivity index (χ0) is 17.6. The van der Waals surface area contributed by atoms with Gasteiger partial charge in [-0.15, -0.1) is 0 Å². The molecule has 1 aliphatic heterocycles. The van der Waals surface area contributed by atoms with Crippen LogP contribution in [0.3, 0.4) is 0 Å². The Morgan fingerprint density at radius 1 is 1.16 bits per heavy atom. The molecule has 1 saturated heterocycles. The fourth-order valence-corrected chi connectivity index (χ4v) is 2.52. The second-order valence-corrected chi connectivity index (χ2v) is 6.15. The first kappa shape index (κ1) is 17.2. The van der Waals surface area contributed by atoms with Crippen molar-refractivity contribution in [1.29, 1.82) is 0 Å². The molecule has 8 nitrogen and oxygen atoms in total. The van der Waals surface area contributed by atoms with Gasteiger partial charge in [-0.3, -0.25) is 4.79 Å². The molecular weight excluding hydrogens is 320 g/mol. The minimum absolute atomic E-state index is 0.00949. The van der Waals surface area contributed by atoms with Crippen molar-refractivity contribution in [3.05, 3.63) is 41.7 Å². The minimum atomic E-state index is -0.231. The van der Waals surface area contributed by atoms with E-state index in [1.807, 2.05) is 14.1 Å². The molecule has 2 aromatic heterocycles. The normalized spacial score (nSPS) is 17.1. The molecule has 0 aliphatic carbocycles. The zero-order valence-corrected chi connectivity index (χ0v) is 14.5. The number of nitrogens with one attached hydrogen (secondary N) is 1. The average Bonchev–Trinajstić information content (AvgIpc) is 2.67. The molecule has 132 valence electrons. The first-order chi connectivity index (χ1) is 12.1. The largest absolute Gasteiger partial charge is 0.370 e. The Bertz CT molecular complexity index is 696. The van der Waals surface area contributed by atoms with Crippen molar-refractivity contribution >= 4 is 11.9 Å². The summed E-state index contributed by atoms with van der Waals surface area (Å²) < 4.78 is 5.67. The summed E-state index contributed by atoms with van der Waals surface area (Å²) in [5, 5.41) is 2.82. The number of hydrogen-bond acceptors (Lipinski definition) is 7. The van der Waals surface area contributed by atoms with E-state index in [9.17, 15) is 4.79 Å². The molecule has 1 atom stereocenters. The van der Waals surface area contributed by atoms with Gasteiger partial charge in [0.1, 0.15) is 6.10 Å². The molecule has 0 saturated carbocycles. The number of aromatic nitrogens is 4. The topological polar surface area (TPSA) is 93.1 Å². The van der Waals surface area contributed by atoms with Gasteiger partial charge in [0, 0.05) is 57.6 Å². The third-order valence-corrected chi connectivity index (χ3v) is 3.95. The second-order valence-electron chi connectivity index (χ2n) is 6.15. The highest BCUT2D eigenvalue weighted by Crippen LogP contribution is 2.24. The van der Waals surface area contributed by atoms with Crippen molar-refractivity contribution in [1.82, 2.24) is 25.3 Å². The first-order valence-corrected chi connectivity index (χ1v) is 8.33. The first-order valence-electron chi connectivity index (χ1n) is 8.33. The zero-order valence-electron chi connectivity index (χ0n) is 14.5. The van der Waals surface area contributed by atoms with Crippen molar-refractivity contribution in [3.63, 3.8) is 0 Å². The number of anilines is 1. The molecule has 1 fully saturated rings. The summed E-state index contributed by atoms with van der Waals surface area (Å²) in [6.45, 7) is 1.11. The Kier molecular flexibility index (Phi) is 5.49. The molecule has 0 spiro atoms. The van der Waals surface area contributed by atoms with Crippen molar-refractivity contribution in [2.75, 3.05) is 25.6 Å². The quantitative estimate of drug-likeness (QED) is 0.880. The van der Waals surface area contributed by atoms with Crippen LogP contribution in [0, 0.1) is 0 Å². The Hall–Kier alpha value is -2.61. The number of amides is 1. The monoisotopic (exact) mass is 342 g/mol. The summed E-state index contributed by atoms with van der Waals surface area (Å²) in [6.07, 6.45) is 9.66. The lowest BCUT2D eigenvalue weighted by Crippen LogP contribution is -2.24. The van der Waals surface area contributed by atoms with Gasteiger partial charge in [-0.05, 0) is 19.3 Å². The number of carbonyl (C=O) groups excluding carboxylic acids is 1. The lowest BCUT2D eigenvalue weighted by Gasteiger charge is -2.21. The van der Waals surface area contributed by atoms with Crippen molar-refractivity contribution < 1.29 is 9.53 Å². The third-order valence-electron chi connectivity index (χ3n) is 3.95. The molecule has 2 aromatic rings. The van der Waals surface area contributed by atoms with Crippen LogP contribution in [0.25, 0.3) is 0 Å². The SMILES string of the molecule is CN(C)c1ncc(C(=O)NCc2cnc([C@@H]3CCCCO3)nc2)cn1. The molecule has 1 N–H and O–H groups in total. The summed E-state index contributed by atoms with van der Waals surface area (Å²) in [7, 11) is 3.69. The van der Waals surface area contributed by atoms with Crippen molar-refractivity contribution in [2.24, 2.45) is 0 Å². The lowest BCUT2D eigenvalue weighted by atomic mass is 10.1. The highest BCUT2D eigenvalue weighted by atomic mass is 16.5. The summed E-state index contributed by atoms with van der Waals surface area (Å²) in [6, 6.07) is 0. The van der Waals surface area contributed by atoms with E-state index >= 15 is 0 Å². The van der Waals surface area contributed by atoms with E-state index in [-0.39, 0.29) is 12.0 Å². The van der Waals surface area contributed by atoms with Gasteiger partial charge in [-0.2, -0.15) is 0 Å². The van der Waals surface area contributed by atoms with Gasteiger partial charge in [-0.1, -0.05) is 0 Å². The summed E-state index contributed by atoms with van der Waals surface area (Å²) >= 11 is 0. The molecule has 3 heterocycles. The van der Waals surface area contributed by atoms with Gasteiger partial charge in [0.05, 0.1) is 5.56 Å². The van der Waals surface area contributed by atoms with Crippen LogP contribution in [0.4, 0.5) is 5.95 Å². The lowest BCUT2D eigenvalue weighted by molar-refractivity contribution is 0.00940. The third kappa shape index (κ3) is 4.48. The van der Waals surface area contributed by atoms with Crippen molar-refractivity contribution in [3.8, 4) is 0 Å². The minimum Gasteiger partial charge on any atom is -0.370 e. The number of hydrogen-bond donors (Lipinski definition) is 1. The van der Waals surface area contributed by atoms with Crippen LogP contribution in [0.1, 0.15) is 47.1 Å². The van der Waals surface area contributed by atoms with E-state index < -0.39 is 0 Å². The van der Waals surface area contributed by atoms with Crippen LogP contribution < -0.4 is 10.2 Å². The molecule has 25 heavy (non-hydrogen) atoms. The van der Waals surface area contributed by atoms with Crippen LogP contribution >= 0.6 is 0 Å². The van der Waals surface area contributed by atoms with E-state index in [4.69, 9.17) is 4.74 Å². The number of carbonyl (C=O) groups is 1. The van der Waals surface area contributed by atoms with Crippen LogP contribution in [0.15, 0.2) is 24.8 Å². The molecule has 8 heteroatoms.